The zero-order valence-corrected chi connectivity index (χ0v) is 9.69. The molecule has 0 spiro atoms. The largest absolute Gasteiger partial charge is 0.491 e. The summed E-state index contributed by atoms with van der Waals surface area (Å²) >= 11 is 0. The molecule has 0 heterocycles. The Bertz CT molecular complexity index is 353. The van der Waals surface area contributed by atoms with Gasteiger partial charge in [-0.25, -0.2) is 4.39 Å². The average molecular weight is 240 g/mol. The SMILES string of the molecule is O=Cc1ccc(OCCCCCCO)c(F)c1. The number of rotatable bonds is 8. The number of hydrogen-bond donors (Lipinski definition) is 1. The summed E-state index contributed by atoms with van der Waals surface area (Å²) in [6.07, 6.45) is 4.13. The zero-order valence-electron chi connectivity index (χ0n) is 9.69. The number of carbonyl (C=O) groups is 1. The molecule has 0 aromatic heterocycles. The van der Waals surface area contributed by atoms with Gasteiger partial charge in [0, 0.05) is 12.2 Å². The van der Waals surface area contributed by atoms with Crippen LogP contribution in [0.2, 0.25) is 0 Å². The van der Waals surface area contributed by atoms with Crippen LogP contribution >= 0.6 is 0 Å². The first-order chi connectivity index (χ1) is 8.27. The summed E-state index contributed by atoms with van der Waals surface area (Å²) in [4.78, 5) is 10.4. The van der Waals surface area contributed by atoms with Crippen molar-refractivity contribution in [1.82, 2.24) is 0 Å². The van der Waals surface area contributed by atoms with Gasteiger partial charge in [-0.05, 0) is 37.5 Å². The Labute approximate surface area is 100 Å². The first-order valence-electron chi connectivity index (χ1n) is 5.76. The van der Waals surface area contributed by atoms with Crippen molar-refractivity contribution in [2.75, 3.05) is 13.2 Å². The number of ether oxygens (including phenoxy) is 1. The van der Waals surface area contributed by atoms with E-state index in [9.17, 15) is 9.18 Å². The van der Waals surface area contributed by atoms with Crippen LogP contribution in [0.5, 0.6) is 5.75 Å². The molecule has 0 atom stereocenters. The third kappa shape index (κ3) is 4.95. The quantitative estimate of drug-likeness (QED) is 0.561. The van der Waals surface area contributed by atoms with Gasteiger partial charge in [-0.3, -0.25) is 4.79 Å². The Kier molecular flexibility index (Phi) is 6.25. The molecular weight excluding hydrogens is 223 g/mol. The van der Waals surface area contributed by atoms with Gasteiger partial charge >= 0.3 is 0 Å². The number of benzene rings is 1. The molecule has 1 N–H and O–H groups in total. The predicted molar refractivity (Wildman–Crippen MR) is 62.8 cm³/mol. The summed E-state index contributed by atoms with van der Waals surface area (Å²) in [6, 6.07) is 4.15. The summed E-state index contributed by atoms with van der Waals surface area (Å²) in [7, 11) is 0. The number of hydrogen-bond acceptors (Lipinski definition) is 3. The number of aliphatic hydroxyl groups excluding tert-OH is 1. The lowest BCUT2D eigenvalue weighted by molar-refractivity contribution is 0.112. The number of carbonyl (C=O) groups excluding carboxylic acids is 1. The van der Waals surface area contributed by atoms with Crippen LogP contribution in [0, 0.1) is 5.82 Å². The van der Waals surface area contributed by atoms with Crippen molar-refractivity contribution in [2.45, 2.75) is 25.7 Å². The van der Waals surface area contributed by atoms with Crippen LogP contribution in [-0.2, 0) is 0 Å². The molecule has 0 saturated carbocycles. The van der Waals surface area contributed by atoms with Crippen molar-refractivity contribution >= 4 is 6.29 Å². The number of halogens is 1. The monoisotopic (exact) mass is 240 g/mol. The number of unbranched alkanes of at least 4 members (excludes halogenated alkanes) is 3. The van der Waals surface area contributed by atoms with Gasteiger partial charge in [0.15, 0.2) is 11.6 Å². The number of aldehydes is 1. The molecule has 1 aromatic carbocycles. The third-order valence-electron chi connectivity index (χ3n) is 2.40. The van der Waals surface area contributed by atoms with Gasteiger partial charge in [-0.2, -0.15) is 0 Å². The van der Waals surface area contributed by atoms with E-state index in [2.05, 4.69) is 0 Å². The van der Waals surface area contributed by atoms with Crippen molar-refractivity contribution in [3.05, 3.63) is 29.6 Å². The summed E-state index contributed by atoms with van der Waals surface area (Å²) in [6.45, 7) is 0.658. The van der Waals surface area contributed by atoms with E-state index < -0.39 is 5.82 Å². The molecule has 17 heavy (non-hydrogen) atoms. The topological polar surface area (TPSA) is 46.5 Å². The highest BCUT2D eigenvalue weighted by molar-refractivity contribution is 5.74. The van der Waals surface area contributed by atoms with Crippen LogP contribution < -0.4 is 4.74 Å². The van der Waals surface area contributed by atoms with Gasteiger partial charge < -0.3 is 9.84 Å². The van der Waals surface area contributed by atoms with Gasteiger partial charge in [0.25, 0.3) is 0 Å². The Balaban J connectivity index is 2.29. The highest BCUT2D eigenvalue weighted by Gasteiger charge is 2.03. The second-order valence-corrected chi connectivity index (χ2v) is 3.79. The Morgan fingerprint density at radius 2 is 2.00 bits per heavy atom. The summed E-state index contributed by atoms with van der Waals surface area (Å²) in [5, 5.41) is 8.58. The predicted octanol–water partition coefficient (Wildman–Crippen LogP) is 2.57. The molecule has 1 rings (SSSR count). The lowest BCUT2D eigenvalue weighted by atomic mass is 10.2. The molecule has 94 valence electrons. The minimum Gasteiger partial charge on any atom is -0.491 e. The van der Waals surface area contributed by atoms with Crippen LogP contribution in [0.1, 0.15) is 36.0 Å². The standard InChI is InChI=1S/C13H17FO3/c14-12-9-11(10-16)5-6-13(12)17-8-4-2-1-3-7-15/h5-6,9-10,15H,1-4,7-8H2. The molecule has 0 aliphatic heterocycles. The van der Waals surface area contributed by atoms with Crippen LogP contribution in [0.3, 0.4) is 0 Å². The fourth-order valence-electron chi connectivity index (χ4n) is 1.46. The lowest BCUT2D eigenvalue weighted by Gasteiger charge is -2.07. The van der Waals surface area contributed by atoms with E-state index >= 15 is 0 Å². The molecular formula is C13H17FO3. The summed E-state index contributed by atoms with van der Waals surface area (Å²) < 4.78 is 18.6. The molecule has 0 aliphatic carbocycles. The molecule has 0 fully saturated rings. The van der Waals surface area contributed by atoms with Crippen LogP contribution in [-0.4, -0.2) is 24.6 Å². The molecule has 0 amide bonds. The molecule has 0 bridgehead atoms. The maximum Gasteiger partial charge on any atom is 0.165 e. The molecule has 1 aromatic rings. The molecule has 0 aliphatic rings. The Morgan fingerprint density at radius 3 is 2.65 bits per heavy atom. The second-order valence-electron chi connectivity index (χ2n) is 3.79. The fourth-order valence-corrected chi connectivity index (χ4v) is 1.46. The highest BCUT2D eigenvalue weighted by atomic mass is 19.1. The van der Waals surface area contributed by atoms with E-state index in [-0.39, 0.29) is 12.4 Å². The van der Waals surface area contributed by atoms with E-state index in [1.165, 1.54) is 12.1 Å². The molecule has 4 heteroatoms. The van der Waals surface area contributed by atoms with E-state index in [1.54, 1.807) is 0 Å². The van der Waals surface area contributed by atoms with Gasteiger partial charge in [-0.15, -0.1) is 0 Å². The highest BCUT2D eigenvalue weighted by Crippen LogP contribution is 2.18. The van der Waals surface area contributed by atoms with Crippen LogP contribution in [0.15, 0.2) is 18.2 Å². The van der Waals surface area contributed by atoms with Crippen molar-refractivity contribution < 1.29 is 19.0 Å². The summed E-state index contributed by atoms with van der Waals surface area (Å²) in [5.74, 6) is -0.331. The van der Waals surface area contributed by atoms with Gasteiger partial charge in [0.1, 0.15) is 6.29 Å². The fraction of sp³-hybridized carbons (Fsp3) is 0.462. The third-order valence-corrected chi connectivity index (χ3v) is 2.40. The first-order valence-corrected chi connectivity index (χ1v) is 5.76. The van der Waals surface area contributed by atoms with E-state index in [4.69, 9.17) is 9.84 Å². The maximum absolute atomic E-state index is 13.4. The van der Waals surface area contributed by atoms with Crippen molar-refractivity contribution in [3.63, 3.8) is 0 Å². The van der Waals surface area contributed by atoms with Gasteiger partial charge in [-0.1, -0.05) is 6.42 Å². The lowest BCUT2D eigenvalue weighted by Crippen LogP contribution is -2.00. The van der Waals surface area contributed by atoms with Gasteiger partial charge in [0.05, 0.1) is 6.61 Å². The smallest absolute Gasteiger partial charge is 0.165 e. The molecule has 0 saturated heterocycles. The average Bonchev–Trinajstić information content (AvgIpc) is 2.35. The van der Waals surface area contributed by atoms with Crippen molar-refractivity contribution in [2.24, 2.45) is 0 Å². The van der Waals surface area contributed by atoms with Crippen molar-refractivity contribution in [3.8, 4) is 5.75 Å². The maximum atomic E-state index is 13.4. The van der Waals surface area contributed by atoms with Crippen molar-refractivity contribution in [1.29, 1.82) is 0 Å². The van der Waals surface area contributed by atoms with E-state index in [1.807, 2.05) is 0 Å². The molecule has 0 radical (unpaired) electrons. The summed E-state index contributed by atoms with van der Waals surface area (Å²) in [5.41, 5.74) is 0.304. The van der Waals surface area contributed by atoms with Crippen LogP contribution in [0.25, 0.3) is 0 Å². The second kappa shape index (κ2) is 7.79. The minimum absolute atomic E-state index is 0.178. The first kappa shape index (κ1) is 13.6. The zero-order chi connectivity index (χ0) is 12.5. The Hall–Kier alpha value is -1.42. The van der Waals surface area contributed by atoms with Gasteiger partial charge in [0.2, 0.25) is 0 Å². The number of aliphatic hydroxyl groups is 1. The normalized spacial score (nSPS) is 10.2. The minimum atomic E-state index is -0.509. The van der Waals surface area contributed by atoms with E-state index in [0.717, 1.165) is 31.7 Å². The van der Waals surface area contributed by atoms with Crippen LogP contribution in [0.4, 0.5) is 4.39 Å². The molecule has 0 unspecified atom stereocenters. The van der Waals surface area contributed by atoms with E-state index in [0.29, 0.717) is 18.5 Å². The molecule has 3 nitrogen and oxygen atoms in total. The Morgan fingerprint density at radius 1 is 1.24 bits per heavy atom.